The maximum atomic E-state index is 9.81. The van der Waals surface area contributed by atoms with Gasteiger partial charge in [-0.25, -0.2) is 0 Å². The molecule has 0 aliphatic carbocycles. The van der Waals surface area contributed by atoms with E-state index in [0.717, 1.165) is 6.04 Å². The minimum atomic E-state index is 0.255. The molecule has 1 unspecified atom stereocenters. The van der Waals surface area contributed by atoms with Crippen LogP contribution in [0.5, 0.6) is 0 Å². The number of carbonyl (C=O) groups is 1. The van der Waals surface area contributed by atoms with Gasteiger partial charge < -0.3 is 15.0 Å². The van der Waals surface area contributed by atoms with Crippen molar-refractivity contribution >= 4 is 5.78 Å². The van der Waals surface area contributed by atoms with Gasteiger partial charge in [0.05, 0.1) is 0 Å². The van der Waals surface area contributed by atoms with Crippen LogP contribution in [-0.2, 0) is 4.79 Å². The lowest BCUT2D eigenvalue weighted by molar-refractivity contribution is -0.116. The average Bonchev–Trinajstić information content (AvgIpc) is 2.18. The average molecular weight is 200 g/mol. The first kappa shape index (κ1) is 13.6. The SMILES string of the molecule is CCC(C)=O.CNC1CCCN(C)C1. The fourth-order valence-electron chi connectivity index (χ4n) is 1.40. The molecule has 1 aliphatic rings. The van der Waals surface area contributed by atoms with E-state index in [0.29, 0.717) is 6.42 Å². The van der Waals surface area contributed by atoms with Crippen LogP contribution in [0.4, 0.5) is 0 Å². The van der Waals surface area contributed by atoms with E-state index in [1.54, 1.807) is 6.92 Å². The Balaban J connectivity index is 0.000000292. The topological polar surface area (TPSA) is 32.3 Å². The molecule has 0 aromatic heterocycles. The molecule has 1 saturated heterocycles. The Morgan fingerprint density at radius 2 is 2.14 bits per heavy atom. The predicted molar refractivity (Wildman–Crippen MR) is 60.6 cm³/mol. The zero-order valence-electron chi connectivity index (χ0n) is 9.97. The number of Topliss-reactive ketones (excluding diaryl/α,β-unsaturated/α-hetero) is 1. The van der Waals surface area contributed by atoms with Crippen molar-refractivity contribution in [3.8, 4) is 0 Å². The third-order valence-corrected chi connectivity index (χ3v) is 2.53. The van der Waals surface area contributed by atoms with E-state index in [2.05, 4.69) is 17.3 Å². The van der Waals surface area contributed by atoms with Crippen LogP contribution >= 0.6 is 0 Å². The van der Waals surface area contributed by atoms with Gasteiger partial charge in [-0.05, 0) is 40.4 Å². The van der Waals surface area contributed by atoms with Crippen LogP contribution in [0.15, 0.2) is 0 Å². The van der Waals surface area contributed by atoms with E-state index in [9.17, 15) is 4.79 Å². The smallest absolute Gasteiger partial charge is 0.129 e. The molecule has 1 atom stereocenters. The monoisotopic (exact) mass is 200 g/mol. The molecule has 1 rings (SSSR count). The van der Waals surface area contributed by atoms with Crippen molar-refractivity contribution in [2.45, 2.75) is 39.2 Å². The van der Waals surface area contributed by atoms with Crippen LogP contribution < -0.4 is 5.32 Å². The normalized spacial score (nSPS) is 22.4. The summed E-state index contributed by atoms with van der Waals surface area (Å²) in [5, 5.41) is 3.29. The molecule has 0 spiro atoms. The van der Waals surface area contributed by atoms with Crippen molar-refractivity contribution in [1.82, 2.24) is 10.2 Å². The molecule has 0 radical (unpaired) electrons. The Bertz CT molecular complexity index is 159. The lowest BCUT2D eigenvalue weighted by Crippen LogP contribution is -2.42. The summed E-state index contributed by atoms with van der Waals surface area (Å²) in [5.74, 6) is 0.255. The van der Waals surface area contributed by atoms with Crippen LogP contribution in [0, 0.1) is 0 Å². The molecule has 1 heterocycles. The van der Waals surface area contributed by atoms with Crippen molar-refractivity contribution in [1.29, 1.82) is 0 Å². The molecule has 1 aliphatic heterocycles. The predicted octanol–water partition coefficient (Wildman–Crippen LogP) is 1.29. The molecule has 1 N–H and O–H groups in total. The number of hydrogen-bond acceptors (Lipinski definition) is 3. The first-order valence-electron chi connectivity index (χ1n) is 5.45. The van der Waals surface area contributed by atoms with E-state index < -0.39 is 0 Å². The molecule has 3 nitrogen and oxygen atoms in total. The van der Waals surface area contributed by atoms with E-state index in [-0.39, 0.29) is 5.78 Å². The highest BCUT2D eigenvalue weighted by molar-refractivity contribution is 5.74. The third-order valence-electron chi connectivity index (χ3n) is 2.53. The first-order valence-corrected chi connectivity index (χ1v) is 5.45. The number of likely N-dealkylation sites (N-methyl/N-ethyl adjacent to an activating group) is 2. The van der Waals surface area contributed by atoms with Crippen molar-refractivity contribution in [2.75, 3.05) is 27.2 Å². The number of carbonyl (C=O) groups excluding carboxylic acids is 1. The van der Waals surface area contributed by atoms with Gasteiger partial charge in [0.15, 0.2) is 0 Å². The van der Waals surface area contributed by atoms with Gasteiger partial charge in [0.2, 0.25) is 0 Å². The Kier molecular flexibility index (Phi) is 7.71. The summed E-state index contributed by atoms with van der Waals surface area (Å²) in [5.41, 5.74) is 0. The van der Waals surface area contributed by atoms with Crippen molar-refractivity contribution in [2.24, 2.45) is 0 Å². The standard InChI is InChI=1S/C7H16N2.C4H8O/c1-8-7-4-3-5-9(2)6-7;1-3-4(2)5/h7-8H,3-6H2,1-2H3;3H2,1-2H3. The molecule has 0 aromatic carbocycles. The maximum absolute atomic E-state index is 9.81. The van der Waals surface area contributed by atoms with Crippen LogP contribution in [0.1, 0.15) is 33.1 Å². The molecule has 1 fully saturated rings. The largest absolute Gasteiger partial charge is 0.316 e. The maximum Gasteiger partial charge on any atom is 0.129 e. The third kappa shape index (κ3) is 7.04. The number of nitrogens with zero attached hydrogens (tertiary/aromatic N) is 1. The van der Waals surface area contributed by atoms with Crippen molar-refractivity contribution in [3.05, 3.63) is 0 Å². The minimum Gasteiger partial charge on any atom is -0.316 e. The molecule has 0 saturated carbocycles. The fraction of sp³-hybridized carbons (Fsp3) is 0.909. The lowest BCUT2D eigenvalue weighted by atomic mass is 10.1. The number of piperidine rings is 1. The summed E-state index contributed by atoms with van der Waals surface area (Å²) >= 11 is 0. The van der Waals surface area contributed by atoms with E-state index in [4.69, 9.17) is 0 Å². The van der Waals surface area contributed by atoms with Gasteiger partial charge in [0.1, 0.15) is 5.78 Å². The fourth-order valence-corrected chi connectivity index (χ4v) is 1.40. The highest BCUT2D eigenvalue weighted by Gasteiger charge is 2.13. The molecular formula is C11H24N2O. The molecule has 3 heteroatoms. The van der Waals surface area contributed by atoms with Crippen LogP contribution in [-0.4, -0.2) is 43.9 Å². The zero-order chi connectivity index (χ0) is 11.0. The quantitative estimate of drug-likeness (QED) is 0.729. The molecule has 0 bridgehead atoms. The van der Waals surface area contributed by atoms with Gasteiger partial charge in [-0.2, -0.15) is 0 Å². The van der Waals surface area contributed by atoms with Crippen molar-refractivity contribution in [3.63, 3.8) is 0 Å². The highest BCUT2D eigenvalue weighted by Crippen LogP contribution is 2.06. The summed E-state index contributed by atoms with van der Waals surface area (Å²) in [6.45, 7) is 5.93. The summed E-state index contributed by atoms with van der Waals surface area (Å²) in [6.07, 6.45) is 3.36. The zero-order valence-corrected chi connectivity index (χ0v) is 9.97. The molecule has 0 amide bonds. The van der Waals surface area contributed by atoms with E-state index >= 15 is 0 Å². The lowest BCUT2D eigenvalue weighted by Gasteiger charge is -2.29. The van der Waals surface area contributed by atoms with Crippen molar-refractivity contribution < 1.29 is 4.79 Å². The molecule has 14 heavy (non-hydrogen) atoms. The number of nitrogens with one attached hydrogen (secondary N) is 1. The second kappa shape index (κ2) is 7.94. The summed E-state index contributed by atoms with van der Waals surface area (Å²) in [4.78, 5) is 12.2. The summed E-state index contributed by atoms with van der Waals surface area (Å²) in [7, 11) is 4.23. The Hall–Kier alpha value is -0.410. The number of ketones is 1. The number of hydrogen-bond donors (Lipinski definition) is 1. The van der Waals surface area contributed by atoms with Crippen LogP contribution in [0.25, 0.3) is 0 Å². The van der Waals surface area contributed by atoms with Gasteiger partial charge in [-0.1, -0.05) is 6.92 Å². The molecular weight excluding hydrogens is 176 g/mol. The van der Waals surface area contributed by atoms with Gasteiger partial charge in [-0.3, -0.25) is 0 Å². The van der Waals surface area contributed by atoms with Gasteiger partial charge >= 0.3 is 0 Å². The van der Waals surface area contributed by atoms with Gasteiger partial charge in [0.25, 0.3) is 0 Å². The van der Waals surface area contributed by atoms with E-state index in [1.165, 1.54) is 25.9 Å². The van der Waals surface area contributed by atoms with Gasteiger partial charge in [0, 0.05) is 19.0 Å². The number of rotatable bonds is 2. The second-order valence-electron chi connectivity index (χ2n) is 3.95. The van der Waals surface area contributed by atoms with Crippen LogP contribution in [0.2, 0.25) is 0 Å². The Morgan fingerprint density at radius 1 is 1.57 bits per heavy atom. The highest BCUT2D eigenvalue weighted by atomic mass is 16.1. The van der Waals surface area contributed by atoms with Gasteiger partial charge in [-0.15, -0.1) is 0 Å². The minimum absolute atomic E-state index is 0.255. The van der Waals surface area contributed by atoms with E-state index in [1.807, 2.05) is 14.0 Å². The molecule has 84 valence electrons. The second-order valence-corrected chi connectivity index (χ2v) is 3.95. The summed E-state index contributed by atoms with van der Waals surface area (Å²) in [6, 6.07) is 0.740. The van der Waals surface area contributed by atoms with Crippen LogP contribution in [0.3, 0.4) is 0 Å². The Labute approximate surface area is 87.9 Å². The first-order chi connectivity index (χ1) is 6.60. The number of likely N-dealkylation sites (tertiary alicyclic amines) is 1. The Morgan fingerprint density at radius 3 is 2.43 bits per heavy atom. The summed E-state index contributed by atoms with van der Waals surface area (Å²) < 4.78 is 0. The molecule has 0 aromatic rings.